The van der Waals surface area contributed by atoms with Crippen molar-refractivity contribution in [3.63, 3.8) is 0 Å². The fourth-order valence-corrected chi connectivity index (χ4v) is 1.62. The first-order valence-corrected chi connectivity index (χ1v) is 7.59. The molecule has 0 atom stereocenters. The van der Waals surface area contributed by atoms with Crippen molar-refractivity contribution in [2.24, 2.45) is 0 Å². The van der Waals surface area contributed by atoms with E-state index < -0.39 is 5.97 Å². The molecule has 0 rings (SSSR count). The number of rotatable bonds is 12. The normalized spacial score (nSPS) is 12.4. The van der Waals surface area contributed by atoms with E-state index in [4.69, 9.17) is 5.11 Å². The molecule has 0 fully saturated rings. The minimum Gasteiger partial charge on any atom is -0.481 e. The summed E-state index contributed by atoms with van der Waals surface area (Å²) in [6.07, 6.45) is 24.5. The number of hydrogen-bond donors (Lipinski definition) is 1. The summed E-state index contributed by atoms with van der Waals surface area (Å²) in [5.41, 5.74) is 0. The van der Waals surface area contributed by atoms with E-state index in [0.717, 1.165) is 38.5 Å². The van der Waals surface area contributed by atoms with Crippen molar-refractivity contribution < 1.29 is 9.90 Å². The lowest BCUT2D eigenvalue weighted by Gasteiger charge is -1.90. The van der Waals surface area contributed by atoms with Gasteiger partial charge in [0.2, 0.25) is 0 Å². The number of carbonyl (C=O) groups is 1. The van der Waals surface area contributed by atoms with Gasteiger partial charge in [0.1, 0.15) is 0 Å². The van der Waals surface area contributed by atoms with Crippen molar-refractivity contribution >= 4 is 5.97 Å². The average molecular weight is 276 g/mol. The molecule has 0 radical (unpaired) electrons. The molecule has 1 N–H and O–H groups in total. The van der Waals surface area contributed by atoms with Crippen LogP contribution in [0.3, 0.4) is 0 Å². The molecule has 0 aromatic heterocycles. The fourth-order valence-electron chi connectivity index (χ4n) is 1.62. The zero-order chi connectivity index (χ0) is 14.9. The van der Waals surface area contributed by atoms with E-state index >= 15 is 0 Å². The predicted octanol–water partition coefficient (Wildman–Crippen LogP) is 5.44. The SMILES string of the molecule is CCC=CCC=CCCC=CCCC=CCCC(=O)O. The van der Waals surface area contributed by atoms with E-state index in [1.807, 2.05) is 6.08 Å². The standard InChI is InChI=1S/C18H28O2/c1-2-3-4-5-6-7-8-9-10-11-12-13-14-15-16-17-18(19)20/h3-4,6-7,10-11,14-15H,2,5,8-9,12-13,16-17H2,1H3,(H,19,20). The van der Waals surface area contributed by atoms with Crippen LogP contribution in [-0.2, 0) is 4.79 Å². The molecule has 2 nitrogen and oxygen atoms in total. The number of hydrogen-bond acceptors (Lipinski definition) is 1. The van der Waals surface area contributed by atoms with Crippen LogP contribution in [0.15, 0.2) is 48.6 Å². The van der Waals surface area contributed by atoms with E-state index in [1.54, 1.807) is 0 Å². The predicted molar refractivity (Wildman–Crippen MR) is 86.8 cm³/mol. The van der Waals surface area contributed by atoms with E-state index in [0.29, 0.717) is 6.42 Å². The van der Waals surface area contributed by atoms with E-state index in [-0.39, 0.29) is 6.42 Å². The second-order valence-corrected chi connectivity index (χ2v) is 4.62. The molecule has 0 heterocycles. The molecule has 2 heteroatoms. The highest BCUT2D eigenvalue weighted by molar-refractivity contribution is 5.66. The van der Waals surface area contributed by atoms with Gasteiger partial charge in [0.25, 0.3) is 0 Å². The minimum atomic E-state index is -0.729. The third-order valence-corrected chi connectivity index (χ3v) is 2.70. The summed E-state index contributed by atoms with van der Waals surface area (Å²) < 4.78 is 0. The highest BCUT2D eigenvalue weighted by atomic mass is 16.4. The first kappa shape index (κ1) is 18.4. The van der Waals surface area contributed by atoms with Crippen molar-refractivity contribution in [1.82, 2.24) is 0 Å². The van der Waals surface area contributed by atoms with Gasteiger partial charge < -0.3 is 5.11 Å². The quantitative estimate of drug-likeness (QED) is 0.381. The third-order valence-electron chi connectivity index (χ3n) is 2.70. The monoisotopic (exact) mass is 276 g/mol. The Morgan fingerprint density at radius 1 is 0.750 bits per heavy atom. The molecule has 0 spiro atoms. The molecule has 0 unspecified atom stereocenters. The van der Waals surface area contributed by atoms with E-state index in [2.05, 4.69) is 49.5 Å². The van der Waals surface area contributed by atoms with Crippen LogP contribution in [0, 0.1) is 0 Å². The molecule has 0 aliphatic carbocycles. The maximum absolute atomic E-state index is 10.3. The van der Waals surface area contributed by atoms with Crippen molar-refractivity contribution in [3.05, 3.63) is 48.6 Å². The Bertz CT molecular complexity index is 335. The molecule has 0 aromatic rings. The van der Waals surface area contributed by atoms with Crippen molar-refractivity contribution in [2.75, 3.05) is 0 Å². The van der Waals surface area contributed by atoms with Crippen molar-refractivity contribution in [3.8, 4) is 0 Å². The third kappa shape index (κ3) is 16.4. The highest BCUT2D eigenvalue weighted by Crippen LogP contribution is 2.00. The fraction of sp³-hybridized carbons (Fsp3) is 0.500. The molecule has 0 saturated heterocycles. The lowest BCUT2D eigenvalue weighted by Crippen LogP contribution is -1.91. The van der Waals surface area contributed by atoms with Crippen LogP contribution in [0.2, 0.25) is 0 Å². The second-order valence-electron chi connectivity index (χ2n) is 4.62. The van der Waals surface area contributed by atoms with Crippen LogP contribution >= 0.6 is 0 Å². The molecule has 0 aliphatic rings. The summed E-state index contributed by atoms with van der Waals surface area (Å²) in [5, 5.41) is 8.46. The number of unbranched alkanes of at least 4 members (excludes halogenated alkanes) is 2. The maximum atomic E-state index is 10.3. The number of carboxylic acids is 1. The van der Waals surface area contributed by atoms with Crippen LogP contribution in [0.5, 0.6) is 0 Å². The van der Waals surface area contributed by atoms with Crippen LogP contribution in [0.4, 0.5) is 0 Å². The topological polar surface area (TPSA) is 37.3 Å². The number of carboxylic acid groups (broad SMARTS) is 1. The summed E-state index contributed by atoms with van der Waals surface area (Å²) in [5.74, 6) is -0.729. The lowest BCUT2D eigenvalue weighted by atomic mass is 10.2. The average Bonchev–Trinajstić information content (AvgIpc) is 2.43. The number of allylic oxidation sites excluding steroid dienone is 8. The smallest absolute Gasteiger partial charge is 0.303 e. The van der Waals surface area contributed by atoms with Crippen LogP contribution < -0.4 is 0 Å². The van der Waals surface area contributed by atoms with Gasteiger partial charge in [-0.25, -0.2) is 0 Å². The Morgan fingerprint density at radius 2 is 1.20 bits per heavy atom. The Hall–Kier alpha value is -1.57. The molecule has 0 saturated carbocycles. The van der Waals surface area contributed by atoms with Gasteiger partial charge in [-0.1, -0.05) is 55.5 Å². The largest absolute Gasteiger partial charge is 0.481 e. The maximum Gasteiger partial charge on any atom is 0.303 e. The van der Waals surface area contributed by atoms with Gasteiger partial charge in [0.05, 0.1) is 0 Å². The Labute approximate surface area is 123 Å². The zero-order valence-corrected chi connectivity index (χ0v) is 12.6. The van der Waals surface area contributed by atoms with E-state index in [9.17, 15) is 4.79 Å². The molecule has 0 aromatic carbocycles. The summed E-state index contributed by atoms with van der Waals surface area (Å²) in [7, 11) is 0. The molecule has 0 bridgehead atoms. The molecule has 0 aliphatic heterocycles. The molecular formula is C18H28O2. The van der Waals surface area contributed by atoms with Gasteiger partial charge in [0, 0.05) is 6.42 Å². The highest BCUT2D eigenvalue weighted by Gasteiger charge is 1.90. The van der Waals surface area contributed by atoms with Crippen LogP contribution in [0.25, 0.3) is 0 Å². The van der Waals surface area contributed by atoms with Crippen LogP contribution in [-0.4, -0.2) is 11.1 Å². The molecular weight excluding hydrogens is 248 g/mol. The zero-order valence-electron chi connectivity index (χ0n) is 12.6. The Morgan fingerprint density at radius 3 is 1.70 bits per heavy atom. The Balaban J connectivity index is 3.35. The number of aliphatic carboxylic acids is 1. The molecule has 112 valence electrons. The second kappa shape index (κ2) is 15.5. The van der Waals surface area contributed by atoms with Gasteiger partial charge in [0.15, 0.2) is 0 Å². The first-order valence-electron chi connectivity index (χ1n) is 7.59. The van der Waals surface area contributed by atoms with Crippen LogP contribution in [0.1, 0.15) is 58.3 Å². The van der Waals surface area contributed by atoms with Gasteiger partial charge in [-0.15, -0.1) is 0 Å². The summed E-state index contributed by atoms with van der Waals surface area (Å²) in [4.78, 5) is 10.3. The lowest BCUT2D eigenvalue weighted by molar-refractivity contribution is -0.136. The first-order chi connectivity index (χ1) is 9.77. The Kier molecular flexibility index (Phi) is 14.3. The summed E-state index contributed by atoms with van der Waals surface area (Å²) in [6.45, 7) is 2.15. The molecule has 20 heavy (non-hydrogen) atoms. The van der Waals surface area contributed by atoms with Gasteiger partial charge in [-0.2, -0.15) is 0 Å². The van der Waals surface area contributed by atoms with Gasteiger partial charge in [-0.3, -0.25) is 4.79 Å². The summed E-state index contributed by atoms with van der Waals surface area (Å²) in [6, 6.07) is 0. The van der Waals surface area contributed by atoms with Crippen molar-refractivity contribution in [2.45, 2.75) is 58.3 Å². The van der Waals surface area contributed by atoms with Crippen molar-refractivity contribution in [1.29, 1.82) is 0 Å². The summed E-state index contributed by atoms with van der Waals surface area (Å²) >= 11 is 0. The van der Waals surface area contributed by atoms with Gasteiger partial charge >= 0.3 is 5.97 Å². The minimum absolute atomic E-state index is 0.228. The van der Waals surface area contributed by atoms with E-state index in [1.165, 1.54) is 0 Å². The molecule has 0 amide bonds. The van der Waals surface area contributed by atoms with Gasteiger partial charge in [-0.05, 0) is 44.9 Å².